The lowest BCUT2D eigenvalue weighted by Crippen LogP contribution is -1.99. The Morgan fingerprint density at radius 3 is 2.57 bits per heavy atom. The van der Waals surface area contributed by atoms with E-state index in [9.17, 15) is 9.90 Å². The number of rotatable bonds is 5. The van der Waals surface area contributed by atoms with Crippen LogP contribution in [0.2, 0.25) is 0 Å². The van der Waals surface area contributed by atoms with E-state index in [0.29, 0.717) is 18.5 Å². The van der Waals surface area contributed by atoms with Gasteiger partial charge in [-0.25, -0.2) is 0 Å². The Bertz CT molecular complexity index is 279. The van der Waals surface area contributed by atoms with Crippen molar-refractivity contribution in [3.8, 4) is 5.75 Å². The van der Waals surface area contributed by atoms with Crippen LogP contribution in [-0.2, 0) is 4.79 Å². The van der Waals surface area contributed by atoms with Crippen molar-refractivity contribution in [2.45, 2.75) is 19.4 Å². The Balaban J connectivity index is 2.63. The smallest absolute Gasteiger partial charge is 0.153 e. The average molecular weight is 194 g/mol. The molecule has 76 valence electrons. The number of benzene rings is 1. The fourth-order valence-corrected chi connectivity index (χ4v) is 1.06. The van der Waals surface area contributed by atoms with Crippen LogP contribution in [0.4, 0.5) is 0 Å². The molecule has 0 bridgehead atoms. The zero-order valence-electron chi connectivity index (χ0n) is 8.14. The first-order valence-corrected chi connectivity index (χ1v) is 4.64. The lowest BCUT2D eigenvalue weighted by molar-refractivity contribution is -0.115. The van der Waals surface area contributed by atoms with Crippen LogP contribution in [0, 0.1) is 0 Å². The van der Waals surface area contributed by atoms with Gasteiger partial charge < -0.3 is 14.6 Å². The van der Waals surface area contributed by atoms with Gasteiger partial charge >= 0.3 is 0 Å². The first-order valence-electron chi connectivity index (χ1n) is 4.64. The van der Waals surface area contributed by atoms with Crippen molar-refractivity contribution in [1.29, 1.82) is 0 Å². The van der Waals surface area contributed by atoms with E-state index in [4.69, 9.17) is 4.74 Å². The minimum absolute atomic E-state index is 0.502. The average Bonchev–Trinajstić information content (AvgIpc) is 2.26. The third-order valence-electron chi connectivity index (χ3n) is 1.82. The second-order valence-electron chi connectivity index (χ2n) is 3.00. The molecule has 1 atom stereocenters. The highest BCUT2D eigenvalue weighted by Gasteiger charge is 2.04. The Morgan fingerprint density at radius 1 is 1.43 bits per heavy atom. The number of hydrogen-bond donors (Lipinski definition) is 1. The molecular formula is C11H14O3. The van der Waals surface area contributed by atoms with Gasteiger partial charge in [0.15, 0.2) is 6.29 Å². The third-order valence-corrected chi connectivity index (χ3v) is 1.82. The highest BCUT2D eigenvalue weighted by atomic mass is 16.5. The molecule has 3 heteroatoms. The topological polar surface area (TPSA) is 46.5 Å². The molecule has 0 radical (unpaired) electrons. The summed E-state index contributed by atoms with van der Waals surface area (Å²) in [5.74, 6) is 0.758. The number of hydrogen-bond acceptors (Lipinski definition) is 3. The quantitative estimate of drug-likeness (QED) is 0.726. The SMILES string of the molecule is CCCOc1ccc(C(O)C=O)cc1. The van der Waals surface area contributed by atoms with Crippen molar-refractivity contribution in [2.24, 2.45) is 0 Å². The Hall–Kier alpha value is -1.35. The normalized spacial score (nSPS) is 12.1. The van der Waals surface area contributed by atoms with Crippen LogP contribution in [0.15, 0.2) is 24.3 Å². The van der Waals surface area contributed by atoms with Crippen molar-refractivity contribution in [3.63, 3.8) is 0 Å². The van der Waals surface area contributed by atoms with E-state index in [-0.39, 0.29) is 0 Å². The third kappa shape index (κ3) is 2.85. The molecule has 0 saturated carbocycles. The highest BCUT2D eigenvalue weighted by molar-refractivity contribution is 5.59. The minimum Gasteiger partial charge on any atom is -0.494 e. The van der Waals surface area contributed by atoms with Crippen LogP contribution in [0.25, 0.3) is 0 Å². The van der Waals surface area contributed by atoms with Crippen molar-refractivity contribution in [2.75, 3.05) is 6.61 Å². The highest BCUT2D eigenvalue weighted by Crippen LogP contribution is 2.16. The largest absolute Gasteiger partial charge is 0.494 e. The predicted molar refractivity (Wildman–Crippen MR) is 53.3 cm³/mol. The summed E-state index contributed by atoms with van der Waals surface area (Å²) in [4.78, 5) is 10.3. The first kappa shape index (κ1) is 10.7. The van der Waals surface area contributed by atoms with Gasteiger partial charge in [-0.3, -0.25) is 0 Å². The predicted octanol–water partition coefficient (Wildman–Crippen LogP) is 1.71. The van der Waals surface area contributed by atoms with E-state index in [1.54, 1.807) is 24.3 Å². The number of carbonyl (C=O) groups excluding carboxylic acids is 1. The number of carbonyl (C=O) groups is 1. The summed E-state index contributed by atoms with van der Waals surface area (Å²) in [7, 11) is 0. The maximum atomic E-state index is 10.3. The van der Waals surface area contributed by atoms with E-state index in [1.165, 1.54) is 0 Å². The molecule has 0 aromatic heterocycles. The van der Waals surface area contributed by atoms with E-state index in [1.807, 2.05) is 6.92 Å². The number of aliphatic hydroxyl groups excluding tert-OH is 1. The van der Waals surface area contributed by atoms with E-state index in [0.717, 1.165) is 12.2 Å². The monoisotopic (exact) mass is 194 g/mol. The molecule has 0 amide bonds. The molecule has 0 aliphatic rings. The van der Waals surface area contributed by atoms with E-state index >= 15 is 0 Å². The molecule has 0 aliphatic carbocycles. The van der Waals surface area contributed by atoms with Crippen molar-refractivity contribution >= 4 is 6.29 Å². The molecule has 1 N–H and O–H groups in total. The van der Waals surface area contributed by atoms with Gasteiger partial charge in [-0.15, -0.1) is 0 Å². The van der Waals surface area contributed by atoms with Gasteiger partial charge in [-0.1, -0.05) is 19.1 Å². The van der Waals surface area contributed by atoms with Gasteiger partial charge in [0.2, 0.25) is 0 Å². The lowest BCUT2D eigenvalue weighted by Gasteiger charge is -2.06. The molecule has 1 rings (SSSR count). The molecule has 1 unspecified atom stereocenters. The van der Waals surface area contributed by atoms with Gasteiger partial charge in [0.25, 0.3) is 0 Å². The molecule has 0 aliphatic heterocycles. The standard InChI is InChI=1S/C11H14O3/c1-2-7-14-10-5-3-9(4-6-10)11(13)8-12/h3-6,8,11,13H,2,7H2,1H3. The molecule has 3 nitrogen and oxygen atoms in total. The molecule has 0 fully saturated rings. The number of aldehydes is 1. The van der Waals surface area contributed by atoms with Crippen molar-refractivity contribution in [1.82, 2.24) is 0 Å². The van der Waals surface area contributed by atoms with E-state index < -0.39 is 6.10 Å². The zero-order valence-corrected chi connectivity index (χ0v) is 8.14. The van der Waals surface area contributed by atoms with Gasteiger partial charge in [0.1, 0.15) is 11.9 Å². The molecule has 0 heterocycles. The maximum absolute atomic E-state index is 10.3. The summed E-state index contributed by atoms with van der Waals surface area (Å²) in [5, 5.41) is 9.19. The second kappa shape index (κ2) is 5.40. The first-order chi connectivity index (χ1) is 6.77. The van der Waals surface area contributed by atoms with Crippen LogP contribution in [-0.4, -0.2) is 18.0 Å². The molecule has 1 aromatic rings. The van der Waals surface area contributed by atoms with Gasteiger partial charge in [-0.2, -0.15) is 0 Å². The molecule has 14 heavy (non-hydrogen) atoms. The van der Waals surface area contributed by atoms with Crippen LogP contribution < -0.4 is 4.74 Å². The Kier molecular flexibility index (Phi) is 4.13. The van der Waals surface area contributed by atoms with Crippen LogP contribution in [0.1, 0.15) is 25.0 Å². The summed E-state index contributed by atoms with van der Waals surface area (Å²) in [6.07, 6.45) is 0.427. The minimum atomic E-state index is -1.03. The summed E-state index contributed by atoms with van der Waals surface area (Å²) < 4.78 is 5.35. The summed E-state index contributed by atoms with van der Waals surface area (Å²) in [6, 6.07) is 6.86. The van der Waals surface area contributed by atoms with Crippen LogP contribution in [0.3, 0.4) is 0 Å². The lowest BCUT2D eigenvalue weighted by atomic mass is 10.1. The van der Waals surface area contributed by atoms with Gasteiger partial charge in [-0.05, 0) is 24.1 Å². The van der Waals surface area contributed by atoms with Crippen molar-refractivity contribution in [3.05, 3.63) is 29.8 Å². The van der Waals surface area contributed by atoms with Crippen LogP contribution in [0.5, 0.6) is 5.75 Å². The van der Waals surface area contributed by atoms with Gasteiger partial charge in [0.05, 0.1) is 6.61 Å². The second-order valence-corrected chi connectivity index (χ2v) is 3.00. The molecule has 1 aromatic carbocycles. The number of ether oxygens (including phenoxy) is 1. The fraction of sp³-hybridized carbons (Fsp3) is 0.364. The molecule has 0 saturated heterocycles. The summed E-state index contributed by atoms with van der Waals surface area (Å²) in [6.45, 7) is 2.71. The fourth-order valence-electron chi connectivity index (χ4n) is 1.06. The molecular weight excluding hydrogens is 180 g/mol. The van der Waals surface area contributed by atoms with E-state index in [2.05, 4.69) is 0 Å². The maximum Gasteiger partial charge on any atom is 0.153 e. The summed E-state index contributed by atoms with van der Waals surface area (Å²) >= 11 is 0. The Morgan fingerprint density at radius 2 is 2.07 bits per heavy atom. The zero-order chi connectivity index (χ0) is 10.4. The molecule has 0 spiro atoms. The van der Waals surface area contributed by atoms with Crippen molar-refractivity contribution < 1.29 is 14.6 Å². The number of aliphatic hydroxyl groups is 1. The van der Waals surface area contributed by atoms with Crippen LogP contribution >= 0.6 is 0 Å². The van der Waals surface area contributed by atoms with Gasteiger partial charge in [0, 0.05) is 0 Å². The summed E-state index contributed by atoms with van der Waals surface area (Å²) in [5.41, 5.74) is 0.587. The Labute approximate surface area is 83.3 Å².